The maximum atomic E-state index is 13.3. The van der Waals surface area contributed by atoms with E-state index in [4.69, 9.17) is 0 Å². The van der Waals surface area contributed by atoms with E-state index in [0.717, 1.165) is 24.1 Å². The SMILES string of the molecule is C=C/C=C(/CNCC(/C=C1\CCc2c[nH]c(C)c2\C1=C/C=C)C(=O)N(CC)CC)C(=C)O. The molecule has 0 spiro atoms. The van der Waals surface area contributed by atoms with Gasteiger partial charge in [0.1, 0.15) is 5.76 Å². The van der Waals surface area contributed by atoms with E-state index in [-0.39, 0.29) is 17.6 Å². The number of aliphatic hydroxyl groups excluding tert-OH is 1. The van der Waals surface area contributed by atoms with Crippen molar-refractivity contribution in [2.75, 3.05) is 26.2 Å². The van der Waals surface area contributed by atoms with Crippen LogP contribution in [0.1, 0.15) is 37.1 Å². The molecule has 1 aliphatic rings. The Kier molecular flexibility index (Phi) is 9.54. The van der Waals surface area contributed by atoms with Crippen LogP contribution in [0.2, 0.25) is 0 Å². The Morgan fingerprint density at radius 2 is 2.00 bits per heavy atom. The largest absolute Gasteiger partial charge is 0.508 e. The number of aliphatic hydroxyl groups is 1. The van der Waals surface area contributed by atoms with E-state index in [1.54, 1.807) is 12.2 Å². The third-order valence-electron chi connectivity index (χ3n) is 5.89. The highest BCUT2D eigenvalue weighted by molar-refractivity contribution is 5.87. The summed E-state index contributed by atoms with van der Waals surface area (Å²) in [6.45, 7) is 19.5. The molecule has 1 atom stereocenters. The topological polar surface area (TPSA) is 68.4 Å². The molecule has 1 aliphatic carbocycles. The van der Waals surface area contributed by atoms with E-state index in [0.29, 0.717) is 31.8 Å². The van der Waals surface area contributed by atoms with E-state index in [1.165, 1.54) is 16.7 Å². The zero-order valence-electron chi connectivity index (χ0n) is 19.7. The molecule has 3 N–H and O–H groups in total. The standard InChI is InChI=1S/C27H37N3O2/c1-7-11-22(20(6)31)16-28-17-24(27(32)30(9-3)10-4)15-21-13-14-23-18-29-19(5)26(23)25(21)12-8-2/h7-8,11-12,15,18,24,28-29,31H,1-2,6,9-10,13-14,16-17H2,3-5H3/b21-15+,22-11-,25-12-. The first-order valence-corrected chi connectivity index (χ1v) is 11.3. The first-order chi connectivity index (χ1) is 15.4. The minimum absolute atomic E-state index is 0.00122. The van der Waals surface area contributed by atoms with Gasteiger partial charge in [0.2, 0.25) is 5.91 Å². The summed E-state index contributed by atoms with van der Waals surface area (Å²) in [4.78, 5) is 18.5. The summed E-state index contributed by atoms with van der Waals surface area (Å²) in [7, 11) is 0. The lowest BCUT2D eigenvalue weighted by molar-refractivity contribution is -0.133. The Balaban J connectivity index is 2.36. The van der Waals surface area contributed by atoms with Crippen LogP contribution < -0.4 is 5.32 Å². The maximum absolute atomic E-state index is 13.3. The smallest absolute Gasteiger partial charge is 0.230 e. The molecule has 0 aromatic carbocycles. The highest BCUT2D eigenvalue weighted by atomic mass is 16.3. The average molecular weight is 436 g/mol. The fraction of sp³-hybridized carbons (Fsp3) is 0.370. The summed E-state index contributed by atoms with van der Waals surface area (Å²) in [5, 5.41) is 13.1. The highest BCUT2D eigenvalue weighted by Crippen LogP contribution is 2.37. The van der Waals surface area contributed by atoms with Gasteiger partial charge in [0, 0.05) is 49.2 Å². The number of rotatable bonds is 11. The van der Waals surface area contributed by atoms with Crippen LogP contribution in [0, 0.1) is 12.8 Å². The van der Waals surface area contributed by atoms with Crippen LogP contribution in [0.25, 0.3) is 5.57 Å². The average Bonchev–Trinajstić information content (AvgIpc) is 3.15. The second-order valence-corrected chi connectivity index (χ2v) is 7.94. The van der Waals surface area contributed by atoms with E-state index in [2.05, 4.69) is 49.2 Å². The van der Waals surface area contributed by atoms with Gasteiger partial charge in [-0.05, 0) is 50.3 Å². The van der Waals surface area contributed by atoms with Crippen LogP contribution in [0.5, 0.6) is 0 Å². The van der Waals surface area contributed by atoms with Gasteiger partial charge in [-0.25, -0.2) is 0 Å². The fourth-order valence-electron chi connectivity index (χ4n) is 4.19. The number of carbonyl (C=O) groups is 1. The zero-order chi connectivity index (χ0) is 23.7. The van der Waals surface area contributed by atoms with Crippen molar-refractivity contribution in [1.29, 1.82) is 0 Å². The number of fused-ring (bicyclic) bond motifs is 1. The molecule has 0 saturated heterocycles. The van der Waals surface area contributed by atoms with Gasteiger partial charge in [0.15, 0.2) is 0 Å². The van der Waals surface area contributed by atoms with Crippen molar-refractivity contribution < 1.29 is 9.90 Å². The minimum atomic E-state index is -0.323. The molecule has 0 aliphatic heterocycles. The lowest BCUT2D eigenvalue weighted by Gasteiger charge is -2.26. The van der Waals surface area contributed by atoms with Gasteiger partial charge < -0.3 is 20.3 Å². The van der Waals surface area contributed by atoms with Crippen LogP contribution in [0.4, 0.5) is 0 Å². The van der Waals surface area contributed by atoms with Gasteiger partial charge in [-0.15, -0.1) is 0 Å². The van der Waals surface area contributed by atoms with Crippen LogP contribution in [0.3, 0.4) is 0 Å². The van der Waals surface area contributed by atoms with Crippen LogP contribution in [0.15, 0.2) is 73.2 Å². The van der Waals surface area contributed by atoms with E-state index >= 15 is 0 Å². The number of aryl methyl sites for hydroxylation is 2. The van der Waals surface area contributed by atoms with Gasteiger partial charge in [-0.1, -0.05) is 50.1 Å². The summed E-state index contributed by atoms with van der Waals surface area (Å²) in [5.41, 5.74) is 6.60. The molecule has 32 heavy (non-hydrogen) atoms. The summed E-state index contributed by atoms with van der Waals surface area (Å²) >= 11 is 0. The number of hydrogen-bond acceptors (Lipinski definition) is 3. The first kappa shape index (κ1) is 25.2. The monoisotopic (exact) mass is 435 g/mol. The molecule has 1 amide bonds. The first-order valence-electron chi connectivity index (χ1n) is 11.3. The molecule has 172 valence electrons. The number of H-pyrrole nitrogens is 1. The van der Waals surface area contributed by atoms with Crippen molar-refractivity contribution >= 4 is 11.5 Å². The molecule has 1 aromatic heterocycles. The van der Waals surface area contributed by atoms with Gasteiger partial charge >= 0.3 is 0 Å². The third-order valence-corrected chi connectivity index (χ3v) is 5.89. The Bertz CT molecular complexity index is 942. The van der Waals surface area contributed by atoms with Crippen molar-refractivity contribution in [3.8, 4) is 0 Å². The Morgan fingerprint density at radius 3 is 2.59 bits per heavy atom. The molecular formula is C27H37N3O2. The summed E-state index contributed by atoms with van der Waals surface area (Å²) in [6.07, 6.45) is 13.2. The maximum Gasteiger partial charge on any atom is 0.230 e. The molecular weight excluding hydrogens is 398 g/mol. The molecule has 0 saturated carbocycles. The van der Waals surface area contributed by atoms with Gasteiger partial charge in [0.05, 0.1) is 5.92 Å². The third kappa shape index (κ3) is 6.01. The number of nitrogens with zero attached hydrogens (tertiary/aromatic N) is 1. The Labute approximate surface area is 192 Å². The lowest BCUT2D eigenvalue weighted by atomic mass is 9.82. The molecule has 1 unspecified atom stereocenters. The predicted molar refractivity (Wildman–Crippen MR) is 134 cm³/mol. The van der Waals surface area contributed by atoms with Gasteiger partial charge in [-0.2, -0.15) is 0 Å². The number of amides is 1. The Hall–Kier alpha value is -3.05. The molecule has 0 radical (unpaired) electrons. The quantitative estimate of drug-likeness (QED) is 0.338. The molecule has 5 heteroatoms. The Morgan fingerprint density at radius 1 is 1.28 bits per heavy atom. The second kappa shape index (κ2) is 12.1. The molecule has 2 rings (SSSR count). The number of aromatic nitrogens is 1. The number of carbonyl (C=O) groups excluding carboxylic acids is 1. The molecule has 1 aromatic rings. The van der Waals surface area contributed by atoms with E-state index in [1.807, 2.05) is 30.9 Å². The summed E-state index contributed by atoms with van der Waals surface area (Å²) in [6, 6.07) is 0. The van der Waals surface area contributed by atoms with Crippen LogP contribution in [-0.4, -0.2) is 47.1 Å². The number of allylic oxidation sites excluding steroid dienone is 6. The highest BCUT2D eigenvalue weighted by Gasteiger charge is 2.26. The van der Waals surface area contributed by atoms with Crippen molar-refractivity contribution in [3.63, 3.8) is 0 Å². The van der Waals surface area contributed by atoms with Crippen molar-refractivity contribution in [2.45, 2.75) is 33.6 Å². The van der Waals surface area contributed by atoms with Crippen molar-refractivity contribution in [2.24, 2.45) is 5.92 Å². The number of hydrogen-bond donors (Lipinski definition) is 3. The van der Waals surface area contributed by atoms with E-state index in [9.17, 15) is 9.90 Å². The fourth-order valence-corrected chi connectivity index (χ4v) is 4.19. The second-order valence-electron chi connectivity index (χ2n) is 7.94. The van der Waals surface area contributed by atoms with Gasteiger partial charge in [-0.3, -0.25) is 4.79 Å². The van der Waals surface area contributed by atoms with Crippen LogP contribution in [-0.2, 0) is 11.2 Å². The molecule has 0 bridgehead atoms. The molecule has 0 fully saturated rings. The van der Waals surface area contributed by atoms with Crippen LogP contribution >= 0.6 is 0 Å². The van der Waals surface area contributed by atoms with Crippen molar-refractivity contribution in [3.05, 3.63) is 90.0 Å². The normalized spacial score (nSPS) is 17.2. The zero-order valence-corrected chi connectivity index (χ0v) is 19.7. The van der Waals surface area contributed by atoms with Crippen molar-refractivity contribution in [1.82, 2.24) is 15.2 Å². The molecule has 1 heterocycles. The minimum Gasteiger partial charge on any atom is -0.508 e. The summed E-state index contributed by atoms with van der Waals surface area (Å²) in [5.74, 6) is -0.223. The summed E-state index contributed by atoms with van der Waals surface area (Å²) < 4.78 is 0. The van der Waals surface area contributed by atoms with E-state index < -0.39 is 0 Å². The molecule has 5 nitrogen and oxygen atoms in total. The lowest BCUT2D eigenvalue weighted by Crippen LogP contribution is -2.40. The number of aromatic amines is 1. The van der Waals surface area contributed by atoms with Gasteiger partial charge in [0.25, 0.3) is 0 Å². The number of nitrogens with one attached hydrogen (secondary N) is 2. The predicted octanol–water partition coefficient (Wildman–Crippen LogP) is 5.02.